The number of ether oxygens (including phenoxy) is 1. The van der Waals surface area contributed by atoms with Crippen LogP contribution in [0.25, 0.3) is 97.9 Å². The van der Waals surface area contributed by atoms with Crippen LogP contribution in [0.4, 0.5) is 0 Å². The van der Waals surface area contributed by atoms with Crippen molar-refractivity contribution in [1.29, 1.82) is 0 Å². The van der Waals surface area contributed by atoms with E-state index in [0.29, 0.717) is 5.82 Å². The van der Waals surface area contributed by atoms with Crippen molar-refractivity contribution in [3.63, 3.8) is 0 Å². The molecule has 62 heavy (non-hydrogen) atoms. The second-order valence-corrected chi connectivity index (χ2v) is 17.4. The Morgan fingerprint density at radius 1 is 0.452 bits per heavy atom. The lowest BCUT2D eigenvalue weighted by Crippen LogP contribution is -2.32. The normalized spacial score (nSPS) is 13.4. The zero-order valence-corrected chi connectivity index (χ0v) is 33.9. The number of hydrogen-bond donors (Lipinski definition) is 0. The average Bonchev–Trinajstić information content (AvgIpc) is 4.00. The van der Waals surface area contributed by atoms with Gasteiger partial charge in [-0.1, -0.05) is 152 Å². The van der Waals surface area contributed by atoms with Gasteiger partial charge in [-0.3, -0.25) is 0 Å². The van der Waals surface area contributed by atoms with Gasteiger partial charge in [0.25, 0.3) is 0 Å². The van der Waals surface area contributed by atoms with E-state index in [0.717, 1.165) is 88.1 Å². The molecule has 9 aromatic carbocycles. The van der Waals surface area contributed by atoms with E-state index < -0.39 is 5.41 Å². The first-order valence-electron chi connectivity index (χ1n) is 21.0. The number of thiophene rings is 1. The molecular formula is C57H32N2O2S. The third-order valence-corrected chi connectivity index (χ3v) is 14.3. The van der Waals surface area contributed by atoms with Crippen molar-refractivity contribution in [1.82, 2.24) is 9.97 Å². The maximum atomic E-state index is 6.75. The van der Waals surface area contributed by atoms with Crippen molar-refractivity contribution in [3.8, 4) is 56.4 Å². The smallest absolute Gasteiger partial charge is 0.160 e. The molecule has 1 spiro atoms. The lowest BCUT2D eigenvalue weighted by molar-refractivity contribution is 0.436. The molecule has 0 bridgehead atoms. The van der Waals surface area contributed by atoms with Gasteiger partial charge in [-0.05, 0) is 86.6 Å². The number of nitrogens with zero attached hydrogens (tertiary/aromatic N) is 2. The number of benzene rings is 9. The monoisotopic (exact) mass is 808 g/mol. The molecule has 288 valence electrons. The molecule has 0 saturated heterocycles. The highest BCUT2D eigenvalue weighted by molar-refractivity contribution is 7.26. The summed E-state index contributed by atoms with van der Waals surface area (Å²) in [4.78, 5) is 10.5. The lowest BCUT2D eigenvalue weighted by Gasteiger charge is -2.39. The predicted octanol–water partition coefficient (Wildman–Crippen LogP) is 15.4. The number of hydrogen-bond acceptors (Lipinski definition) is 5. The zero-order valence-electron chi connectivity index (χ0n) is 33.1. The highest BCUT2D eigenvalue weighted by Crippen LogP contribution is 2.64. The molecule has 0 fully saturated rings. The summed E-state index contributed by atoms with van der Waals surface area (Å²) < 4.78 is 15.7. The fourth-order valence-electron chi connectivity index (χ4n) is 10.6. The standard InChI is InChI=1S/C57H32N2O2S/c1-2-15-34(16-3-1)56-58-53(55-54(59-56)39-18-6-11-27-49(39)62-55)35-29-31-45-40(32-35)50-37(20-13-26-48(50)60-45)38-19-12-23-43-52(38)51-36-17-5-4-14-33(36)28-30-44(51)57(43)41-21-7-9-24-46(41)61-47-25-10-8-22-42(47)57/h1-32H. The first-order chi connectivity index (χ1) is 30.7. The fourth-order valence-corrected chi connectivity index (χ4v) is 11.8. The van der Waals surface area contributed by atoms with Gasteiger partial charge >= 0.3 is 0 Å². The van der Waals surface area contributed by atoms with Crippen LogP contribution in [0, 0.1) is 0 Å². The molecule has 2 aliphatic rings. The minimum absolute atomic E-state index is 0.602. The average molecular weight is 809 g/mol. The van der Waals surface area contributed by atoms with Crippen molar-refractivity contribution in [2.75, 3.05) is 0 Å². The van der Waals surface area contributed by atoms with Gasteiger partial charge in [0.2, 0.25) is 0 Å². The molecule has 3 aromatic heterocycles. The summed E-state index contributed by atoms with van der Waals surface area (Å²) in [6.45, 7) is 0. The van der Waals surface area contributed by atoms with Crippen LogP contribution in [-0.2, 0) is 5.41 Å². The van der Waals surface area contributed by atoms with Crippen LogP contribution >= 0.6 is 11.3 Å². The van der Waals surface area contributed by atoms with E-state index in [-0.39, 0.29) is 0 Å². The quantitative estimate of drug-likeness (QED) is 0.178. The van der Waals surface area contributed by atoms with Crippen molar-refractivity contribution >= 4 is 64.4 Å². The van der Waals surface area contributed by atoms with Crippen molar-refractivity contribution in [2.24, 2.45) is 0 Å². The van der Waals surface area contributed by atoms with Crippen LogP contribution in [0.1, 0.15) is 22.3 Å². The maximum absolute atomic E-state index is 6.75. The third kappa shape index (κ3) is 4.50. The number of para-hydroxylation sites is 2. The number of furan rings is 1. The molecular weight excluding hydrogens is 777 g/mol. The molecule has 1 aliphatic carbocycles. The van der Waals surface area contributed by atoms with Gasteiger partial charge < -0.3 is 9.15 Å². The summed E-state index contributed by atoms with van der Waals surface area (Å²) >= 11 is 1.75. The molecule has 0 amide bonds. The Balaban J connectivity index is 1.06. The van der Waals surface area contributed by atoms with Crippen LogP contribution in [0.3, 0.4) is 0 Å². The van der Waals surface area contributed by atoms with E-state index in [9.17, 15) is 0 Å². The molecule has 0 unspecified atom stereocenters. The summed E-state index contributed by atoms with van der Waals surface area (Å²) in [6, 6.07) is 69.3. The number of fused-ring (bicyclic) bond motifs is 17. The van der Waals surface area contributed by atoms with Gasteiger partial charge in [-0.2, -0.15) is 0 Å². The van der Waals surface area contributed by atoms with E-state index in [1.807, 2.05) is 18.2 Å². The van der Waals surface area contributed by atoms with Gasteiger partial charge in [0.15, 0.2) is 5.82 Å². The summed E-state index contributed by atoms with van der Waals surface area (Å²) in [5.41, 5.74) is 14.6. The summed E-state index contributed by atoms with van der Waals surface area (Å²) in [5, 5.41) is 5.71. The van der Waals surface area contributed by atoms with E-state index in [1.165, 1.54) is 37.7 Å². The molecule has 0 N–H and O–H groups in total. The molecule has 12 aromatic rings. The zero-order chi connectivity index (χ0) is 40.5. The van der Waals surface area contributed by atoms with Gasteiger partial charge in [0.05, 0.1) is 21.3 Å². The van der Waals surface area contributed by atoms with Crippen LogP contribution in [0.2, 0.25) is 0 Å². The molecule has 14 rings (SSSR count). The second kappa shape index (κ2) is 12.6. The molecule has 4 nitrogen and oxygen atoms in total. The molecule has 1 aliphatic heterocycles. The van der Waals surface area contributed by atoms with Crippen LogP contribution in [-0.4, -0.2) is 9.97 Å². The molecule has 0 atom stereocenters. The van der Waals surface area contributed by atoms with Gasteiger partial charge in [-0.15, -0.1) is 11.3 Å². The SMILES string of the molecule is c1ccc(-c2nc(-c3ccc4oc5cccc(-c6cccc7c6-c6c(ccc8ccccc68)C76c7ccccc7Oc7ccccc76)c5c4c3)c3sc4ccccc4c3n2)cc1. The van der Waals surface area contributed by atoms with Crippen LogP contribution in [0.5, 0.6) is 11.5 Å². The minimum atomic E-state index is -0.602. The maximum Gasteiger partial charge on any atom is 0.160 e. The molecule has 4 heterocycles. The first-order valence-corrected chi connectivity index (χ1v) is 21.8. The third-order valence-electron chi connectivity index (χ3n) is 13.2. The van der Waals surface area contributed by atoms with Crippen LogP contribution in [0.15, 0.2) is 199 Å². The largest absolute Gasteiger partial charge is 0.457 e. The Morgan fingerprint density at radius 3 is 2.00 bits per heavy atom. The first kappa shape index (κ1) is 33.9. The highest BCUT2D eigenvalue weighted by atomic mass is 32.1. The fraction of sp³-hybridized carbons (Fsp3) is 0.0175. The predicted molar refractivity (Wildman–Crippen MR) is 253 cm³/mol. The molecule has 5 heteroatoms. The van der Waals surface area contributed by atoms with Crippen molar-refractivity contribution in [2.45, 2.75) is 5.41 Å². The van der Waals surface area contributed by atoms with Gasteiger partial charge in [-0.25, -0.2) is 9.97 Å². The van der Waals surface area contributed by atoms with E-state index in [4.69, 9.17) is 19.1 Å². The topological polar surface area (TPSA) is 48.2 Å². The Hall–Kier alpha value is -7.86. The molecule has 0 radical (unpaired) electrons. The Kier molecular flexibility index (Phi) is 6.88. The van der Waals surface area contributed by atoms with E-state index >= 15 is 0 Å². The Morgan fingerprint density at radius 2 is 1.15 bits per heavy atom. The van der Waals surface area contributed by atoms with Crippen molar-refractivity contribution < 1.29 is 9.15 Å². The summed E-state index contributed by atoms with van der Waals surface area (Å²) in [5.74, 6) is 2.48. The highest BCUT2D eigenvalue weighted by Gasteiger charge is 2.52. The molecule has 0 saturated carbocycles. The van der Waals surface area contributed by atoms with E-state index in [1.54, 1.807) is 11.3 Å². The number of aromatic nitrogens is 2. The Labute approximate surface area is 360 Å². The summed E-state index contributed by atoms with van der Waals surface area (Å²) in [7, 11) is 0. The van der Waals surface area contributed by atoms with Crippen LogP contribution < -0.4 is 4.74 Å². The Bertz CT molecular complexity index is 3820. The van der Waals surface area contributed by atoms with Gasteiger partial charge in [0.1, 0.15) is 22.7 Å². The van der Waals surface area contributed by atoms with Gasteiger partial charge in [0, 0.05) is 43.1 Å². The van der Waals surface area contributed by atoms with Crippen molar-refractivity contribution in [3.05, 3.63) is 216 Å². The summed E-state index contributed by atoms with van der Waals surface area (Å²) in [6.07, 6.45) is 0. The number of rotatable bonds is 3. The lowest BCUT2D eigenvalue weighted by atomic mass is 9.66. The second-order valence-electron chi connectivity index (χ2n) is 16.3. The van der Waals surface area contributed by atoms with E-state index in [2.05, 4.69) is 176 Å². The minimum Gasteiger partial charge on any atom is -0.457 e.